The Hall–Kier alpha value is -3.21. The van der Waals surface area contributed by atoms with Gasteiger partial charge >= 0.3 is 0 Å². The average Bonchev–Trinajstić information content (AvgIpc) is 2.74. The molecule has 5 nitrogen and oxygen atoms in total. The number of hydrogen-bond donors (Lipinski definition) is 0. The fourth-order valence-corrected chi connectivity index (χ4v) is 4.03. The molecule has 1 aliphatic rings. The van der Waals surface area contributed by atoms with Crippen LogP contribution in [0.15, 0.2) is 60.7 Å². The van der Waals surface area contributed by atoms with Crippen molar-refractivity contribution < 1.29 is 4.79 Å². The monoisotopic (exact) mass is 386 g/mol. The molecule has 0 saturated heterocycles. The molecule has 2 heterocycles. The highest BCUT2D eigenvalue weighted by Crippen LogP contribution is 2.31. The first-order valence-corrected chi connectivity index (χ1v) is 9.97. The number of fused-ring (bicyclic) bond motifs is 1. The maximum Gasteiger partial charge on any atom is 0.234 e. The summed E-state index contributed by atoms with van der Waals surface area (Å²) in [7, 11) is 3.97. The van der Waals surface area contributed by atoms with Crippen molar-refractivity contribution in [2.24, 2.45) is 0 Å². The zero-order valence-corrected chi connectivity index (χ0v) is 17.2. The summed E-state index contributed by atoms with van der Waals surface area (Å²) in [6.45, 7) is 3.13. The molecule has 0 unspecified atom stereocenters. The highest BCUT2D eigenvalue weighted by Gasteiger charge is 2.31. The Morgan fingerprint density at radius 2 is 1.55 bits per heavy atom. The van der Waals surface area contributed by atoms with E-state index < -0.39 is 0 Å². The smallest absolute Gasteiger partial charge is 0.234 e. The second-order valence-corrected chi connectivity index (χ2v) is 7.68. The number of aromatic nitrogens is 2. The normalized spacial score (nSPS) is 13.3. The SMILES string of the molecule is Cc1nc2c(c(N(C)C)n1)CN(C(=O)C(c1ccccc1)c1ccccc1)CC2. The van der Waals surface area contributed by atoms with Gasteiger partial charge in [0.1, 0.15) is 11.6 Å². The van der Waals surface area contributed by atoms with Crippen LogP contribution in [0, 0.1) is 6.92 Å². The molecule has 0 aliphatic carbocycles. The number of hydrogen-bond acceptors (Lipinski definition) is 4. The van der Waals surface area contributed by atoms with Crippen LogP contribution in [-0.2, 0) is 17.8 Å². The maximum atomic E-state index is 13.7. The van der Waals surface area contributed by atoms with Crippen LogP contribution >= 0.6 is 0 Å². The number of carbonyl (C=O) groups is 1. The molecule has 1 amide bonds. The first-order valence-electron chi connectivity index (χ1n) is 9.97. The van der Waals surface area contributed by atoms with Gasteiger partial charge in [0, 0.05) is 32.6 Å². The van der Waals surface area contributed by atoms with E-state index in [1.54, 1.807) is 0 Å². The molecule has 1 aromatic heterocycles. The van der Waals surface area contributed by atoms with Crippen LogP contribution in [0.25, 0.3) is 0 Å². The van der Waals surface area contributed by atoms with Crippen LogP contribution < -0.4 is 4.90 Å². The van der Waals surface area contributed by atoms with Gasteiger partial charge < -0.3 is 9.80 Å². The lowest BCUT2D eigenvalue weighted by atomic mass is 9.89. The molecular weight excluding hydrogens is 360 g/mol. The summed E-state index contributed by atoms with van der Waals surface area (Å²) in [5.41, 5.74) is 4.14. The minimum atomic E-state index is -0.312. The van der Waals surface area contributed by atoms with E-state index in [1.165, 1.54) is 0 Å². The first kappa shape index (κ1) is 19.1. The van der Waals surface area contributed by atoms with Crippen molar-refractivity contribution in [2.75, 3.05) is 25.5 Å². The second kappa shape index (κ2) is 8.03. The summed E-state index contributed by atoms with van der Waals surface area (Å²) in [4.78, 5) is 26.9. The lowest BCUT2D eigenvalue weighted by Gasteiger charge is -2.33. The largest absolute Gasteiger partial charge is 0.362 e. The van der Waals surface area contributed by atoms with Crippen LogP contribution in [0.3, 0.4) is 0 Å². The lowest BCUT2D eigenvalue weighted by Crippen LogP contribution is -2.40. The Morgan fingerprint density at radius 1 is 0.966 bits per heavy atom. The van der Waals surface area contributed by atoms with Crippen molar-refractivity contribution in [3.05, 3.63) is 88.9 Å². The number of rotatable bonds is 4. The van der Waals surface area contributed by atoms with E-state index in [1.807, 2.05) is 91.5 Å². The van der Waals surface area contributed by atoms with Crippen LogP contribution in [-0.4, -0.2) is 41.4 Å². The Morgan fingerprint density at radius 3 is 2.10 bits per heavy atom. The number of amides is 1. The minimum Gasteiger partial charge on any atom is -0.362 e. The van der Waals surface area contributed by atoms with Crippen molar-refractivity contribution >= 4 is 11.7 Å². The van der Waals surface area contributed by atoms with E-state index in [0.717, 1.165) is 40.4 Å². The van der Waals surface area contributed by atoms with E-state index in [2.05, 4.69) is 9.97 Å². The third kappa shape index (κ3) is 3.86. The molecule has 0 radical (unpaired) electrons. The molecule has 0 saturated carbocycles. The predicted octanol–water partition coefficient (Wildman–Crippen LogP) is 3.57. The topological polar surface area (TPSA) is 49.3 Å². The van der Waals surface area contributed by atoms with Crippen molar-refractivity contribution in [1.29, 1.82) is 0 Å². The molecule has 0 bridgehead atoms. The maximum absolute atomic E-state index is 13.7. The molecule has 29 heavy (non-hydrogen) atoms. The summed E-state index contributed by atoms with van der Waals surface area (Å²) in [6, 6.07) is 20.1. The van der Waals surface area contributed by atoms with Crippen LogP contribution in [0.5, 0.6) is 0 Å². The molecular formula is C24H26N4O. The summed E-state index contributed by atoms with van der Waals surface area (Å²) in [5.74, 6) is 1.49. The average molecular weight is 386 g/mol. The molecule has 0 fully saturated rings. The summed E-state index contributed by atoms with van der Waals surface area (Å²) < 4.78 is 0. The van der Waals surface area contributed by atoms with E-state index in [4.69, 9.17) is 0 Å². The zero-order valence-electron chi connectivity index (χ0n) is 17.2. The van der Waals surface area contributed by atoms with Gasteiger partial charge in [0.05, 0.1) is 18.2 Å². The lowest BCUT2D eigenvalue weighted by molar-refractivity contribution is -0.132. The molecule has 0 atom stereocenters. The highest BCUT2D eigenvalue weighted by molar-refractivity contribution is 5.87. The van der Waals surface area contributed by atoms with Crippen molar-refractivity contribution in [2.45, 2.75) is 25.8 Å². The van der Waals surface area contributed by atoms with E-state index in [9.17, 15) is 4.79 Å². The standard InChI is InChI=1S/C24H26N4O/c1-17-25-21-14-15-28(16-20(21)23(26-17)27(2)3)24(29)22(18-10-6-4-7-11-18)19-12-8-5-9-13-19/h4-13,22H,14-16H2,1-3H3. The highest BCUT2D eigenvalue weighted by atomic mass is 16.2. The molecule has 4 rings (SSSR count). The molecule has 5 heteroatoms. The van der Waals surface area contributed by atoms with Gasteiger partial charge in [-0.2, -0.15) is 0 Å². The molecule has 3 aromatic rings. The van der Waals surface area contributed by atoms with Crippen molar-refractivity contribution in [1.82, 2.24) is 14.9 Å². The Kier molecular flexibility index (Phi) is 5.30. The summed E-state index contributed by atoms with van der Waals surface area (Å²) in [6.07, 6.45) is 0.752. The number of nitrogens with zero attached hydrogens (tertiary/aromatic N) is 4. The van der Waals surface area contributed by atoms with Gasteiger partial charge in [0.2, 0.25) is 5.91 Å². The summed E-state index contributed by atoms with van der Waals surface area (Å²) in [5, 5.41) is 0. The Bertz CT molecular complexity index is 963. The fraction of sp³-hybridized carbons (Fsp3) is 0.292. The molecule has 1 aliphatic heterocycles. The van der Waals surface area contributed by atoms with E-state index in [0.29, 0.717) is 13.1 Å². The number of aryl methyl sites for hydroxylation is 1. The number of anilines is 1. The molecule has 148 valence electrons. The number of carbonyl (C=O) groups excluding carboxylic acids is 1. The van der Waals surface area contributed by atoms with Crippen LogP contribution in [0.4, 0.5) is 5.82 Å². The third-order valence-corrected chi connectivity index (χ3v) is 5.40. The first-order chi connectivity index (χ1) is 14.0. The third-order valence-electron chi connectivity index (χ3n) is 5.40. The minimum absolute atomic E-state index is 0.123. The van der Waals surface area contributed by atoms with Crippen LogP contribution in [0.1, 0.15) is 34.1 Å². The van der Waals surface area contributed by atoms with Crippen molar-refractivity contribution in [3.63, 3.8) is 0 Å². The predicted molar refractivity (Wildman–Crippen MR) is 115 cm³/mol. The number of benzene rings is 2. The second-order valence-electron chi connectivity index (χ2n) is 7.68. The van der Waals surface area contributed by atoms with Gasteiger partial charge in [-0.05, 0) is 18.1 Å². The summed E-state index contributed by atoms with van der Waals surface area (Å²) >= 11 is 0. The molecule has 0 spiro atoms. The molecule has 2 aromatic carbocycles. The van der Waals surface area contributed by atoms with Gasteiger partial charge in [-0.15, -0.1) is 0 Å². The van der Waals surface area contributed by atoms with E-state index in [-0.39, 0.29) is 11.8 Å². The van der Waals surface area contributed by atoms with Gasteiger partial charge in [-0.25, -0.2) is 9.97 Å². The fourth-order valence-electron chi connectivity index (χ4n) is 4.03. The van der Waals surface area contributed by atoms with Crippen molar-refractivity contribution in [3.8, 4) is 0 Å². The van der Waals surface area contributed by atoms with E-state index >= 15 is 0 Å². The Balaban J connectivity index is 1.70. The van der Waals surface area contributed by atoms with Gasteiger partial charge in [0.25, 0.3) is 0 Å². The van der Waals surface area contributed by atoms with Gasteiger partial charge in [0.15, 0.2) is 0 Å². The van der Waals surface area contributed by atoms with Crippen LogP contribution in [0.2, 0.25) is 0 Å². The molecule has 0 N–H and O–H groups in total. The zero-order chi connectivity index (χ0) is 20.4. The van der Waals surface area contributed by atoms with Gasteiger partial charge in [-0.3, -0.25) is 4.79 Å². The quantitative estimate of drug-likeness (QED) is 0.688. The van der Waals surface area contributed by atoms with Gasteiger partial charge in [-0.1, -0.05) is 60.7 Å². The Labute approximate surface area is 172 Å².